The van der Waals surface area contributed by atoms with Gasteiger partial charge in [0.2, 0.25) is 0 Å². The van der Waals surface area contributed by atoms with Crippen molar-refractivity contribution >= 4 is 46.2 Å². The third-order valence-electron chi connectivity index (χ3n) is 3.90. The van der Waals surface area contributed by atoms with Gasteiger partial charge in [-0.2, -0.15) is 0 Å². The number of halogens is 2. The van der Waals surface area contributed by atoms with E-state index < -0.39 is 0 Å². The van der Waals surface area contributed by atoms with E-state index in [1.807, 2.05) is 6.07 Å². The van der Waals surface area contributed by atoms with Crippen molar-refractivity contribution in [1.29, 1.82) is 0 Å². The van der Waals surface area contributed by atoms with Crippen molar-refractivity contribution in [2.24, 2.45) is 0 Å². The summed E-state index contributed by atoms with van der Waals surface area (Å²) in [7, 11) is 0. The van der Waals surface area contributed by atoms with E-state index in [9.17, 15) is 0 Å². The molecule has 0 aliphatic carbocycles. The summed E-state index contributed by atoms with van der Waals surface area (Å²) in [6, 6.07) is 14.1. The van der Waals surface area contributed by atoms with Crippen molar-refractivity contribution < 1.29 is 0 Å². The Morgan fingerprint density at radius 3 is 2.21 bits per heavy atom. The normalized spacial score (nSPS) is 12.1. The van der Waals surface area contributed by atoms with E-state index >= 15 is 0 Å². The van der Waals surface area contributed by atoms with Crippen LogP contribution < -0.4 is 10.6 Å². The Kier molecular flexibility index (Phi) is 6.90. The molecule has 5 heteroatoms. The number of hydrogen-bond donors (Lipinski definition) is 2. The average Bonchev–Trinajstić information content (AvgIpc) is 2.55. The largest absolute Gasteiger partial charge is 0.356 e. The van der Waals surface area contributed by atoms with Gasteiger partial charge in [-0.3, -0.25) is 0 Å². The molecule has 24 heavy (non-hydrogen) atoms. The van der Waals surface area contributed by atoms with Gasteiger partial charge in [0.05, 0.1) is 16.8 Å². The van der Waals surface area contributed by atoms with Crippen LogP contribution in [0.1, 0.15) is 50.3 Å². The fourth-order valence-electron chi connectivity index (χ4n) is 2.44. The van der Waals surface area contributed by atoms with Crippen LogP contribution in [0.15, 0.2) is 42.5 Å². The molecule has 0 bridgehead atoms. The molecule has 2 N–H and O–H groups in total. The quantitative estimate of drug-likeness (QED) is 0.574. The van der Waals surface area contributed by atoms with Crippen LogP contribution >= 0.6 is 35.4 Å². The van der Waals surface area contributed by atoms with Gasteiger partial charge in [-0.05, 0) is 53.9 Å². The maximum atomic E-state index is 6.17. The Balaban J connectivity index is 2.05. The number of thiocarbonyl (C=S) groups is 1. The minimum Gasteiger partial charge on any atom is -0.356 e. The van der Waals surface area contributed by atoms with Gasteiger partial charge in [0.1, 0.15) is 0 Å². The second-order valence-corrected chi connectivity index (χ2v) is 7.26. The summed E-state index contributed by atoms with van der Waals surface area (Å²) in [6.45, 7) is 6.52. The summed E-state index contributed by atoms with van der Waals surface area (Å²) in [5.41, 5.74) is 3.29. The maximum Gasteiger partial charge on any atom is 0.171 e. The molecule has 1 unspecified atom stereocenters. The molecule has 0 aliphatic heterocycles. The maximum absolute atomic E-state index is 6.17. The summed E-state index contributed by atoms with van der Waals surface area (Å²) in [4.78, 5) is 0. The van der Waals surface area contributed by atoms with Crippen LogP contribution in [0.2, 0.25) is 10.0 Å². The third kappa shape index (κ3) is 5.10. The molecule has 2 aromatic carbocycles. The second-order valence-electron chi connectivity index (χ2n) is 6.00. The molecule has 0 saturated heterocycles. The molecule has 0 heterocycles. The van der Waals surface area contributed by atoms with E-state index in [-0.39, 0.29) is 6.04 Å². The topological polar surface area (TPSA) is 24.1 Å². The number of benzene rings is 2. The van der Waals surface area contributed by atoms with Gasteiger partial charge >= 0.3 is 0 Å². The zero-order chi connectivity index (χ0) is 17.7. The summed E-state index contributed by atoms with van der Waals surface area (Å²) in [6.07, 6.45) is 0.928. The van der Waals surface area contributed by atoms with Gasteiger partial charge in [0.25, 0.3) is 0 Å². The zero-order valence-electron chi connectivity index (χ0n) is 14.1. The zero-order valence-corrected chi connectivity index (χ0v) is 16.4. The number of nitrogens with one attached hydrogen (secondary N) is 2. The molecule has 2 nitrogen and oxygen atoms in total. The SMILES string of the molecule is CCC(NC(=S)Nc1ccc(Cl)cc1Cl)c1ccc(C(C)C)cc1. The lowest BCUT2D eigenvalue weighted by atomic mass is 9.98. The lowest BCUT2D eigenvalue weighted by molar-refractivity contribution is 0.628. The molecule has 0 saturated carbocycles. The smallest absolute Gasteiger partial charge is 0.171 e. The highest BCUT2D eigenvalue weighted by Crippen LogP contribution is 2.26. The molecule has 1 atom stereocenters. The molecular weight excluding hydrogens is 359 g/mol. The Labute approximate surface area is 159 Å². The van der Waals surface area contributed by atoms with Crippen molar-refractivity contribution in [1.82, 2.24) is 5.32 Å². The van der Waals surface area contributed by atoms with Gasteiger partial charge in [0, 0.05) is 5.02 Å². The monoisotopic (exact) mass is 380 g/mol. The van der Waals surface area contributed by atoms with E-state index in [4.69, 9.17) is 35.4 Å². The fraction of sp³-hybridized carbons (Fsp3) is 0.316. The van der Waals surface area contributed by atoms with Gasteiger partial charge in [-0.25, -0.2) is 0 Å². The van der Waals surface area contributed by atoms with Crippen molar-refractivity contribution in [3.63, 3.8) is 0 Å². The highest BCUT2D eigenvalue weighted by molar-refractivity contribution is 7.80. The van der Waals surface area contributed by atoms with E-state index in [2.05, 4.69) is 55.7 Å². The van der Waals surface area contributed by atoms with Crippen LogP contribution in [0, 0.1) is 0 Å². The molecule has 0 spiro atoms. The molecule has 128 valence electrons. The van der Waals surface area contributed by atoms with Gasteiger partial charge in [0.15, 0.2) is 5.11 Å². The molecule has 0 fully saturated rings. The third-order valence-corrected chi connectivity index (χ3v) is 4.67. The number of anilines is 1. The number of rotatable bonds is 5. The summed E-state index contributed by atoms with van der Waals surface area (Å²) < 4.78 is 0. The summed E-state index contributed by atoms with van der Waals surface area (Å²) in [5.74, 6) is 0.530. The highest BCUT2D eigenvalue weighted by atomic mass is 35.5. The molecule has 2 aromatic rings. The van der Waals surface area contributed by atoms with E-state index in [0.29, 0.717) is 21.1 Å². The van der Waals surface area contributed by atoms with Crippen molar-refractivity contribution in [2.45, 2.75) is 39.2 Å². The second kappa shape index (κ2) is 8.70. The molecule has 0 radical (unpaired) electrons. The summed E-state index contributed by atoms with van der Waals surface area (Å²) in [5, 5.41) is 8.16. The first-order valence-corrected chi connectivity index (χ1v) is 9.19. The van der Waals surface area contributed by atoms with Gasteiger partial charge in [-0.1, -0.05) is 68.2 Å². The summed E-state index contributed by atoms with van der Waals surface area (Å²) >= 11 is 17.5. The van der Waals surface area contributed by atoms with E-state index in [0.717, 1.165) is 12.1 Å². The Bertz CT molecular complexity index is 699. The predicted octanol–water partition coefficient (Wildman–Crippen LogP) is 6.55. The van der Waals surface area contributed by atoms with Crippen LogP contribution in [-0.2, 0) is 0 Å². The first-order valence-electron chi connectivity index (χ1n) is 8.03. The van der Waals surface area contributed by atoms with Crippen LogP contribution in [0.5, 0.6) is 0 Å². The van der Waals surface area contributed by atoms with Crippen LogP contribution in [0.3, 0.4) is 0 Å². The Morgan fingerprint density at radius 1 is 1.04 bits per heavy atom. The Hall–Kier alpha value is -1.29. The van der Waals surface area contributed by atoms with Gasteiger partial charge < -0.3 is 10.6 Å². The van der Waals surface area contributed by atoms with Crippen LogP contribution in [-0.4, -0.2) is 5.11 Å². The van der Waals surface area contributed by atoms with Crippen molar-refractivity contribution in [2.75, 3.05) is 5.32 Å². The predicted molar refractivity (Wildman–Crippen MR) is 109 cm³/mol. The van der Waals surface area contributed by atoms with E-state index in [1.54, 1.807) is 12.1 Å². The first-order chi connectivity index (χ1) is 11.4. The minimum atomic E-state index is 0.150. The number of hydrogen-bond acceptors (Lipinski definition) is 1. The van der Waals surface area contributed by atoms with Crippen molar-refractivity contribution in [3.05, 3.63) is 63.6 Å². The minimum absolute atomic E-state index is 0.150. The van der Waals surface area contributed by atoms with Gasteiger partial charge in [-0.15, -0.1) is 0 Å². The van der Waals surface area contributed by atoms with Crippen molar-refractivity contribution in [3.8, 4) is 0 Å². The lowest BCUT2D eigenvalue weighted by Crippen LogP contribution is -2.32. The average molecular weight is 381 g/mol. The lowest BCUT2D eigenvalue weighted by Gasteiger charge is -2.21. The first kappa shape index (κ1) is 19.0. The standard InChI is InChI=1S/C19H22Cl2N2S/c1-4-17(14-7-5-13(6-8-14)12(2)3)22-19(24)23-18-10-9-15(20)11-16(18)21/h5-12,17H,4H2,1-3H3,(H2,22,23,24). The molecule has 0 aliphatic rings. The molecular formula is C19H22Cl2N2S. The fourth-order valence-corrected chi connectivity index (χ4v) is 3.15. The molecule has 0 aromatic heterocycles. The highest BCUT2D eigenvalue weighted by Gasteiger charge is 2.12. The molecule has 2 rings (SSSR count). The van der Waals surface area contributed by atoms with Crippen LogP contribution in [0.4, 0.5) is 5.69 Å². The van der Waals surface area contributed by atoms with E-state index in [1.165, 1.54) is 11.1 Å². The Morgan fingerprint density at radius 2 is 1.67 bits per heavy atom. The molecule has 0 amide bonds. The van der Waals surface area contributed by atoms with Crippen LogP contribution in [0.25, 0.3) is 0 Å².